The van der Waals surface area contributed by atoms with E-state index >= 15 is 0 Å². The van der Waals surface area contributed by atoms with Gasteiger partial charge >= 0.3 is 5.97 Å². The van der Waals surface area contributed by atoms with E-state index in [9.17, 15) is 26.4 Å². The van der Waals surface area contributed by atoms with Crippen molar-refractivity contribution in [1.82, 2.24) is 4.72 Å². The Bertz CT molecular complexity index is 2140. The van der Waals surface area contributed by atoms with Gasteiger partial charge in [0.2, 0.25) is 10.0 Å². The van der Waals surface area contributed by atoms with Crippen LogP contribution in [0.4, 0.5) is 11.4 Å². The van der Waals surface area contributed by atoms with Crippen molar-refractivity contribution >= 4 is 54.3 Å². The third-order valence-corrected chi connectivity index (χ3v) is 10.3. The summed E-state index contributed by atoms with van der Waals surface area (Å²) in [5, 5.41) is 3.28. The number of esters is 1. The molecule has 5 rings (SSSR count). The molecule has 3 N–H and O–H groups in total. The predicted octanol–water partition coefficient (Wildman–Crippen LogP) is 5.94. The molecule has 11 nitrogen and oxygen atoms in total. The zero-order valence-corrected chi connectivity index (χ0v) is 27.6. The van der Waals surface area contributed by atoms with Gasteiger partial charge < -0.3 is 14.5 Å². The number of anilines is 2. The quantitative estimate of drug-likeness (QED) is 0.145. The van der Waals surface area contributed by atoms with Gasteiger partial charge in [-0.1, -0.05) is 62.4 Å². The van der Waals surface area contributed by atoms with E-state index in [-0.39, 0.29) is 27.2 Å². The van der Waals surface area contributed by atoms with Crippen LogP contribution in [0.1, 0.15) is 30.0 Å². The highest BCUT2D eigenvalue weighted by Crippen LogP contribution is 2.33. The zero-order valence-electron chi connectivity index (χ0n) is 26.0. The van der Waals surface area contributed by atoms with Crippen LogP contribution in [-0.4, -0.2) is 41.9 Å². The number of sulfonamides is 2. The van der Waals surface area contributed by atoms with Crippen LogP contribution in [0.3, 0.4) is 0 Å². The number of fused-ring (bicyclic) bond motifs is 1. The maximum atomic E-state index is 13.3. The lowest BCUT2D eigenvalue weighted by molar-refractivity contribution is -0.143. The largest absolute Gasteiger partial charge is 0.468 e. The minimum Gasteiger partial charge on any atom is -0.468 e. The Balaban J connectivity index is 1.30. The second kappa shape index (κ2) is 13.4. The Morgan fingerprint density at radius 1 is 0.745 bits per heavy atom. The van der Waals surface area contributed by atoms with Gasteiger partial charge in [0.15, 0.2) is 5.76 Å². The van der Waals surface area contributed by atoms with Gasteiger partial charge in [0.1, 0.15) is 11.6 Å². The Labute approximate surface area is 273 Å². The molecular weight excluding hydrogens is 643 g/mol. The number of carbonyl (C=O) groups is 2. The number of methoxy groups -OCH3 is 1. The van der Waals surface area contributed by atoms with Crippen molar-refractivity contribution < 1.29 is 35.6 Å². The third-order valence-electron chi connectivity index (χ3n) is 7.50. The average Bonchev–Trinajstić information content (AvgIpc) is 3.41. The van der Waals surface area contributed by atoms with Crippen LogP contribution in [0.5, 0.6) is 0 Å². The molecule has 1 aromatic heterocycles. The molecule has 0 saturated carbocycles. The number of nitrogens with one attached hydrogen (secondary N) is 3. The minimum atomic E-state index is -3.98. The van der Waals surface area contributed by atoms with E-state index in [1.807, 2.05) is 0 Å². The molecule has 0 fully saturated rings. The van der Waals surface area contributed by atoms with Crippen molar-refractivity contribution in [3.8, 4) is 11.1 Å². The summed E-state index contributed by atoms with van der Waals surface area (Å²) in [5.74, 6) is -1.46. The van der Waals surface area contributed by atoms with Gasteiger partial charge in [-0.05, 0) is 72.5 Å². The van der Waals surface area contributed by atoms with Gasteiger partial charge in [-0.15, -0.1) is 0 Å². The van der Waals surface area contributed by atoms with Crippen LogP contribution in [0, 0.1) is 12.8 Å². The standard InChI is InChI=1S/C34H33N3O8S2/c1-21(2)31(34(39)44-4)37-47(42,43)27-19-15-24(16-20-27)23-13-17-25(18-14-23)35-33(38)32-22(3)30-28(11-8-12-29(30)45-32)36-46(40,41)26-9-6-5-7-10-26/h5-21,31,36-37H,1-4H3,(H,35,38)/t31-/m0/s1. The molecule has 1 heterocycles. The molecule has 4 aromatic carbocycles. The molecule has 0 saturated heterocycles. The van der Waals surface area contributed by atoms with Crippen molar-refractivity contribution in [1.29, 1.82) is 0 Å². The van der Waals surface area contributed by atoms with Crippen LogP contribution in [-0.2, 0) is 29.6 Å². The molecule has 1 atom stereocenters. The number of amides is 1. The van der Waals surface area contributed by atoms with E-state index in [4.69, 9.17) is 9.15 Å². The van der Waals surface area contributed by atoms with E-state index < -0.39 is 38.0 Å². The fraction of sp³-hybridized carbons (Fsp3) is 0.176. The SMILES string of the molecule is COC(=O)[C@@H](NS(=O)(=O)c1ccc(-c2ccc(NC(=O)c3oc4cccc(NS(=O)(=O)c5ccccc5)c4c3C)cc2)cc1)C(C)C. The Hall–Kier alpha value is -4.98. The number of furan rings is 1. The molecular formula is C34H33N3O8S2. The summed E-state index contributed by atoms with van der Waals surface area (Å²) in [6.07, 6.45) is 0. The highest BCUT2D eigenvalue weighted by atomic mass is 32.2. The Morgan fingerprint density at radius 3 is 1.94 bits per heavy atom. The van der Waals surface area contributed by atoms with Crippen molar-refractivity contribution in [2.24, 2.45) is 5.92 Å². The molecule has 5 aromatic rings. The molecule has 244 valence electrons. The number of carbonyl (C=O) groups excluding carboxylic acids is 2. The van der Waals surface area contributed by atoms with Crippen LogP contribution >= 0.6 is 0 Å². The van der Waals surface area contributed by atoms with Crippen molar-refractivity contribution in [3.63, 3.8) is 0 Å². The molecule has 0 aliphatic heterocycles. The van der Waals surface area contributed by atoms with Gasteiger partial charge in [-0.25, -0.2) is 16.8 Å². The molecule has 13 heteroatoms. The zero-order chi connectivity index (χ0) is 33.9. The Kier molecular flexibility index (Phi) is 9.52. The molecule has 1 amide bonds. The smallest absolute Gasteiger partial charge is 0.324 e. The monoisotopic (exact) mass is 675 g/mol. The highest BCUT2D eigenvalue weighted by Gasteiger charge is 2.29. The fourth-order valence-electron chi connectivity index (χ4n) is 4.99. The summed E-state index contributed by atoms with van der Waals surface area (Å²) >= 11 is 0. The van der Waals surface area contributed by atoms with Crippen molar-refractivity contribution in [2.45, 2.75) is 36.6 Å². The first-order chi connectivity index (χ1) is 22.3. The van der Waals surface area contributed by atoms with Gasteiger partial charge in [0.25, 0.3) is 15.9 Å². The number of benzene rings is 4. The van der Waals surface area contributed by atoms with Crippen LogP contribution < -0.4 is 14.8 Å². The lowest BCUT2D eigenvalue weighted by Crippen LogP contribution is -2.44. The molecule has 0 aliphatic rings. The first-order valence-corrected chi connectivity index (χ1v) is 17.5. The van der Waals surface area contributed by atoms with E-state index in [1.54, 1.807) is 93.6 Å². The first kappa shape index (κ1) is 33.4. The average molecular weight is 676 g/mol. The number of ether oxygens (including phenoxy) is 1. The van der Waals surface area contributed by atoms with Crippen LogP contribution in [0.2, 0.25) is 0 Å². The molecule has 0 spiro atoms. The van der Waals surface area contributed by atoms with E-state index in [0.717, 1.165) is 11.1 Å². The molecule has 47 heavy (non-hydrogen) atoms. The van der Waals surface area contributed by atoms with Gasteiger partial charge in [-0.3, -0.25) is 14.3 Å². The number of hydrogen-bond acceptors (Lipinski definition) is 8. The lowest BCUT2D eigenvalue weighted by Gasteiger charge is -2.19. The molecule has 0 unspecified atom stereocenters. The second-order valence-electron chi connectivity index (χ2n) is 11.1. The minimum absolute atomic E-state index is 0.00286. The van der Waals surface area contributed by atoms with E-state index in [2.05, 4.69) is 14.8 Å². The Morgan fingerprint density at radius 2 is 1.34 bits per heavy atom. The third kappa shape index (κ3) is 7.22. The van der Waals surface area contributed by atoms with Crippen LogP contribution in [0.25, 0.3) is 22.1 Å². The fourth-order valence-corrected chi connectivity index (χ4v) is 7.41. The highest BCUT2D eigenvalue weighted by molar-refractivity contribution is 7.92. The summed E-state index contributed by atoms with van der Waals surface area (Å²) < 4.78 is 67.3. The molecule has 0 aliphatic carbocycles. The van der Waals surface area contributed by atoms with Crippen LogP contribution in [0.15, 0.2) is 111 Å². The van der Waals surface area contributed by atoms with Gasteiger partial charge in [0, 0.05) is 16.6 Å². The van der Waals surface area contributed by atoms with Gasteiger partial charge in [-0.2, -0.15) is 4.72 Å². The maximum Gasteiger partial charge on any atom is 0.324 e. The van der Waals surface area contributed by atoms with Crippen molar-refractivity contribution in [2.75, 3.05) is 17.1 Å². The first-order valence-electron chi connectivity index (χ1n) is 14.5. The summed E-state index contributed by atoms with van der Waals surface area (Å²) in [6, 6.07) is 24.9. The summed E-state index contributed by atoms with van der Waals surface area (Å²) in [5.41, 5.74) is 3.08. The summed E-state index contributed by atoms with van der Waals surface area (Å²) in [7, 11) is -6.65. The van der Waals surface area contributed by atoms with E-state index in [0.29, 0.717) is 22.2 Å². The number of rotatable bonds is 11. The molecule has 0 bridgehead atoms. The summed E-state index contributed by atoms with van der Waals surface area (Å²) in [6.45, 7) is 5.11. The number of aryl methyl sites for hydroxylation is 1. The molecule has 0 radical (unpaired) electrons. The topological polar surface area (TPSA) is 161 Å². The predicted molar refractivity (Wildman–Crippen MR) is 179 cm³/mol. The van der Waals surface area contributed by atoms with E-state index in [1.165, 1.54) is 31.4 Å². The lowest BCUT2D eigenvalue weighted by atomic mass is 10.1. The van der Waals surface area contributed by atoms with Gasteiger partial charge in [0.05, 0.1) is 22.6 Å². The normalized spacial score (nSPS) is 12.5. The summed E-state index contributed by atoms with van der Waals surface area (Å²) in [4.78, 5) is 25.4. The number of hydrogen-bond donors (Lipinski definition) is 3. The van der Waals surface area contributed by atoms with Crippen molar-refractivity contribution in [3.05, 3.63) is 108 Å². The maximum absolute atomic E-state index is 13.3. The second-order valence-corrected chi connectivity index (χ2v) is 14.5.